The maximum atomic E-state index is 11.3. The highest BCUT2D eigenvalue weighted by molar-refractivity contribution is 7.70. The predicted molar refractivity (Wildman–Crippen MR) is 48.9 cm³/mol. The summed E-state index contributed by atoms with van der Waals surface area (Å²) in [4.78, 5) is 11.3. The zero-order valence-electron chi connectivity index (χ0n) is 7.01. The molecule has 0 saturated heterocycles. The van der Waals surface area contributed by atoms with Crippen molar-refractivity contribution in [1.82, 2.24) is 4.31 Å². The number of nitrogens with zero attached hydrogens (tertiary/aromatic N) is 1. The second kappa shape index (κ2) is 4.04. The van der Waals surface area contributed by atoms with Crippen molar-refractivity contribution in [3.8, 4) is 0 Å². The van der Waals surface area contributed by atoms with Gasteiger partial charge in [0.2, 0.25) is 10.9 Å². The molecule has 5 heteroatoms. The van der Waals surface area contributed by atoms with Crippen LogP contribution >= 0.6 is 0 Å². The quantitative estimate of drug-likeness (QED) is 0.696. The van der Waals surface area contributed by atoms with Crippen LogP contribution in [-0.4, -0.2) is 25.7 Å². The highest BCUT2D eigenvalue weighted by Gasteiger charge is 2.11. The molecule has 1 aromatic rings. The summed E-state index contributed by atoms with van der Waals surface area (Å²) in [5.74, 6) is -0.517. The number of rotatable bonds is 2. The van der Waals surface area contributed by atoms with E-state index in [1.54, 1.807) is 30.3 Å². The first-order valence-corrected chi connectivity index (χ1v) is 4.73. The Balaban J connectivity index is 2.93. The minimum Gasteiger partial charge on any atom is -0.268 e. The van der Waals surface area contributed by atoms with Crippen LogP contribution in [0.5, 0.6) is 0 Å². The minimum atomic E-state index is -2.84. The largest absolute Gasteiger partial charge is 0.268 e. The number of benzene rings is 1. The van der Waals surface area contributed by atoms with Gasteiger partial charge in [-0.05, 0) is 12.1 Å². The molecule has 0 spiro atoms. The molecule has 1 amide bonds. The predicted octanol–water partition coefficient (Wildman–Crippen LogP) is 0.285. The van der Waals surface area contributed by atoms with Gasteiger partial charge in [-0.3, -0.25) is 4.79 Å². The minimum absolute atomic E-state index is 0.365. The molecule has 13 heavy (non-hydrogen) atoms. The average Bonchev–Trinajstić information content (AvgIpc) is 2.17. The molecule has 0 N–H and O–H groups in total. The Morgan fingerprint density at radius 3 is 2.23 bits per heavy atom. The Morgan fingerprint density at radius 2 is 1.77 bits per heavy atom. The molecule has 0 aliphatic carbocycles. The number of thiol groups is 1. The SMILES string of the molecule is CN(C(=O)c1ccccc1)[SH](=O)=O. The number of carbonyl (C=O) groups is 1. The van der Waals surface area contributed by atoms with E-state index in [0.29, 0.717) is 9.87 Å². The molecule has 0 saturated carbocycles. The van der Waals surface area contributed by atoms with Crippen LogP contribution in [0.1, 0.15) is 10.4 Å². The van der Waals surface area contributed by atoms with Crippen molar-refractivity contribution in [2.24, 2.45) is 0 Å². The molecule has 0 aliphatic heterocycles. The van der Waals surface area contributed by atoms with E-state index in [4.69, 9.17) is 0 Å². The second-order valence-electron chi connectivity index (χ2n) is 2.43. The molecule has 0 unspecified atom stereocenters. The van der Waals surface area contributed by atoms with Gasteiger partial charge in [0.15, 0.2) is 0 Å². The Bertz CT molecular complexity index is 364. The monoisotopic (exact) mass is 199 g/mol. The van der Waals surface area contributed by atoms with Crippen molar-refractivity contribution in [2.45, 2.75) is 0 Å². The van der Waals surface area contributed by atoms with Crippen LogP contribution in [0, 0.1) is 0 Å². The van der Waals surface area contributed by atoms with Crippen LogP contribution in [0.25, 0.3) is 0 Å². The maximum absolute atomic E-state index is 11.3. The van der Waals surface area contributed by atoms with Crippen LogP contribution in [0.4, 0.5) is 0 Å². The van der Waals surface area contributed by atoms with Crippen molar-refractivity contribution in [3.63, 3.8) is 0 Å². The fraction of sp³-hybridized carbons (Fsp3) is 0.125. The Hall–Kier alpha value is -1.36. The Kier molecular flexibility index (Phi) is 3.02. The van der Waals surface area contributed by atoms with E-state index in [-0.39, 0.29) is 0 Å². The third kappa shape index (κ3) is 2.29. The topological polar surface area (TPSA) is 54.5 Å². The summed E-state index contributed by atoms with van der Waals surface area (Å²) < 4.78 is 21.6. The van der Waals surface area contributed by atoms with Gasteiger partial charge >= 0.3 is 0 Å². The van der Waals surface area contributed by atoms with Gasteiger partial charge in [0, 0.05) is 12.6 Å². The van der Waals surface area contributed by atoms with Crippen molar-refractivity contribution < 1.29 is 13.2 Å². The fourth-order valence-corrected chi connectivity index (χ4v) is 1.11. The maximum Gasteiger partial charge on any atom is 0.266 e. The third-order valence-electron chi connectivity index (χ3n) is 1.56. The smallest absolute Gasteiger partial charge is 0.266 e. The van der Waals surface area contributed by atoms with Gasteiger partial charge in [0.05, 0.1) is 0 Å². The van der Waals surface area contributed by atoms with Crippen molar-refractivity contribution >= 4 is 16.8 Å². The summed E-state index contributed by atoms with van der Waals surface area (Å²) in [5.41, 5.74) is 0.365. The van der Waals surface area contributed by atoms with E-state index < -0.39 is 16.8 Å². The van der Waals surface area contributed by atoms with Gasteiger partial charge in [-0.1, -0.05) is 18.2 Å². The van der Waals surface area contributed by atoms with E-state index in [2.05, 4.69) is 0 Å². The van der Waals surface area contributed by atoms with Gasteiger partial charge in [-0.25, -0.2) is 12.7 Å². The lowest BCUT2D eigenvalue weighted by Gasteiger charge is -2.07. The standard InChI is InChI=1S/C8H9NO3S/c1-9(13(11)12)8(10)7-5-3-2-4-6-7/h2-6,13H,1H3. The molecule has 0 aromatic heterocycles. The highest BCUT2D eigenvalue weighted by Crippen LogP contribution is 2.02. The number of hydrogen-bond acceptors (Lipinski definition) is 3. The normalized spacial score (nSPS) is 10.0. The summed E-state index contributed by atoms with van der Waals surface area (Å²) in [6.45, 7) is 0. The van der Waals surface area contributed by atoms with E-state index in [0.717, 1.165) is 0 Å². The summed E-state index contributed by atoms with van der Waals surface area (Å²) >= 11 is 0. The lowest BCUT2D eigenvalue weighted by Crippen LogP contribution is -2.24. The van der Waals surface area contributed by atoms with E-state index >= 15 is 0 Å². The molecule has 0 radical (unpaired) electrons. The summed E-state index contributed by atoms with van der Waals surface area (Å²) in [5, 5.41) is 0. The number of carbonyl (C=O) groups excluding carboxylic acids is 1. The third-order valence-corrected chi connectivity index (χ3v) is 2.23. The highest BCUT2D eigenvalue weighted by atomic mass is 32.2. The second-order valence-corrected chi connectivity index (χ2v) is 3.51. The van der Waals surface area contributed by atoms with E-state index in [1.807, 2.05) is 0 Å². The lowest BCUT2D eigenvalue weighted by atomic mass is 10.2. The Labute approximate surface area is 77.9 Å². The zero-order chi connectivity index (χ0) is 9.84. The van der Waals surface area contributed by atoms with Crippen molar-refractivity contribution in [3.05, 3.63) is 35.9 Å². The van der Waals surface area contributed by atoms with Crippen LogP contribution in [0.15, 0.2) is 30.3 Å². The summed E-state index contributed by atoms with van der Waals surface area (Å²) in [6, 6.07) is 8.25. The van der Waals surface area contributed by atoms with Gasteiger partial charge in [-0.15, -0.1) is 0 Å². The first-order chi connectivity index (χ1) is 6.13. The summed E-state index contributed by atoms with van der Waals surface area (Å²) in [7, 11) is -1.62. The molecule has 0 aliphatic rings. The van der Waals surface area contributed by atoms with Crippen LogP contribution in [0.3, 0.4) is 0 Å². The molecular formula is C8H9NO3S. The molecule has 0 bridgehead atoms. The van der Waals surface area contributed by atoms with Crippen LogP contribution in [0.2, 0.25) is 0 Å². The van der Waals surface area contributed by atoms with Crippen molar-refractivity contribution in [2.75, 3.05) is 7.05 Å². The molecule has 0 atom stereocenters. The fourth-order valence-electron chi connectivity index (χ4n) is 0.842. The van der Waals surface area contributed by atoms with Gasteiger partial charge in [-0.2, -0.15) is 0 Å². The lowest BCUT2D eigenvalue weighted by molar-refractivity contribution is 0.0886. The molecule has 4 nitrogen and oxygen atoms in total. The molecule has 1 aromatic carbocycles. The van der Waals surface area contributed by atoms with Crippen molar-refractivity contribution in [1.29, 1.82) is 0 Å². The average molecular weight is 199 g/mol. The molecule has 70 valence electrons. The van der Waals surface area contributed by atoms with Gasteiger partial charge in [0.1, 0.15) is 0 Å². The Morgan fingerprint density at radius 1 is 1.23 bits per heavy atom. The van der Waals surface area contributed by atoms with Crippen LogP contribution in [-0.2, 0) is 10.9 Å². The van der Waals surface area contributed by atoms with E-state index in [1.165, 1.54) is 7.05 Å². The number of hydrogen-bond donors (Lipinski definition) is 1. The first-order valence-electron chi connectivity index (χ1n) is 3.60. The molecule has 0 fully saturated rings. The first kappa shape index (κ1) is 9.73. The summed E-state index contributed by atoms with van der Waals surface area (Å²) in [6.07, 6.45) is 0. The van der Waals surface area contributed by atoms with Gasteiger partial charge < -0.3 is 0 Å². The molecule has 1 rings (SSSR count). The molecule has 0 heterocycles. The van der Waals surface area contributed by atoms with E-state index in [9.17, 15) is 13.2 Å². The number of amides is 1. The van der Waals surface area contributed by atoms with Gasteiger partial charge in [0.25, 0.3) is 5.91 Å². The zero-order valence-corrected chi connectivity index (χ0v) is 7.90. The molecular weight excluding hydrogens is 190 g/mol. The van der Waals surface area contributed by atoms with Crippen LogP contribution < -0.4 is 0 Å².